The number of rotatable bonds is 6. The van der Waals surface area contributed by atoms with E-state index < -0.39 is 9.39 Å². The summed E-state index contributed by atoms with van der Waals surface area (Å²) in [6, 6.07) is 18.6. The zero-order valence-electron chi connectivity index (χ0n) is 17.9. The summed E-state index contributed by atoms with van der Waals surface area (Å²) < 4.78 is 0. The molecule has 2 aromatic carbocycles. The molecule has 0 radical (unpaired) electrons. The molecule has 0 aliphatic rings. The van der Waals surface area contributed by atoms with E-state index in [9.17, 15) is 0 Å². The number of aryl methyl sites for hydroxylation is 4. The summed E-state index contributed by atoms with van der Waals surface area (Å²) in [5.74, 6) is 0. The molecule has 8 heteroatoms. The zero-order chi connectivity index (χ0) is 23.0. The monoisotopic (exact) mass is 535 g/mol. The average Bonchev–Trinajstić information content (AvgIpc) is 2.66. The predicted octanol–water partition coefficient (Wildman–Crippen LogP) is 9.48. The van der Waals surface area contributed by atoms with Crippen LogP contribution < -0.4 is 0 Å². The van der Waals surface area contributed by atoms with Gasteiger partial charge in [0.2, 0.25) is 0 Å². The normalized spacial score (nSPS) is 11.4. The van der Waals surface area contributed by atoms with Gasteiger partial charge in [-0.15, -0.1) is 11.4 Å². The van der Waals surface area contributed by atoms with Gasteiger partial charge in [-0.2, -0.15) is 0 Å². The van der Waals surface area contributed by atoms with Crippen molar-refractivity contribution in [3.05, 3.63) is 98.9 Å². The first-order valence-corrected chi connectivity index (χ1v) is 16.6. The Morgan fingerprint density at radius 1 is 0.613 bits per heavy atom. The summed E-state index contributed by atoms with van der Waals surface area (Å²) in [4.78, 5) is 4.73. The van der Waals surface area contributed by atoms with Crippen LogP contribution in [0, 0.1) is 27.7 Å². The first-order chi connectivity index (χ1) is 14.5. The number of halogens is 4. The summed E-state index contributed by atoms with van der Waals surface area (Å²) in [5.41, 5.74) is 8.89. The molecule has 3 nitrogen and oxygen atoms in total. The minimum atomic E-state index is -2.86. The van der Waals surface area contributed by atoms with Gasteiger partial charge < -0.3 is 10.6 Å². The van der Waals surface area contributed by atoms with Crippen molar-refractivity contribution in [1.29, 1.82) is 0 Å². The van der Waals surface area contributed by atoms with Crippen molar-refractivity contribution in [2.24, 2.45) is 0 Å². The molecule has 1 heterocycles. The van der Waals surface area contributed by atoms with Crippen LogP contribution in [0.1, 0.15) is 33.6 Å². The van der Waals surface area contributed by atoms with Crippen LogP contribution in [0.3, 0.4) is 0 Å². The average molecular weight is 537 g/mol. The summed E-state index contributed by atoms with van der Waals surface area (Å²) >= 11 is 0. The van der Waals surface area contributed by atoms with E-state index in [1.165, 1.54) is 22.3 Å². The Hall–Kier alpha value is -1.12. The standard InChI is InChI=1S/C23H25N3.4ClH.Cr/c1-16-8-5-9-17(2)22(16)24-14-20-12-7-13-21(26-20)15-25-23-18(3)10-6-11-19(23)4;;;;;/h5-13H,14-15H2,1-4H3;4*1H;/q-2;;;;;+4/p-4. The third-order valence-electron chi connectivity index (χ3n) is 4.54. The number of benzene rings is 2. The summed E-state index contributed by atoms with van der Waals surface area (Å²) in [5, 5.41) is 9.54. The molecule has 0 saturated carbocycles. The van der Waals surface area contributed by atoms with E-state index in [-0.39, 0.29) is 0 Å². The maximum atomic E-state index is 4.98. The van der Waals surface area contributed by atoms with Crippen molar-refractivity contribution in [1.82, 2.24) is 4.98 Å². The van der Waals surface area contributed by atoms with Crippen LogP contribution in [0.2, 0.25) is 0 Å². The molecular formula is C23H25Cl4CrN3-2. The number of pyridine rings is 1. The number of para-hydroxylation sites is 2. The number of hydrogen-bond donors (Lipinski definition) is 0. The van der Waals surface area contributed by atoms with Crippen molar-refractivity contribution < 1.29 is 9.39 Å². The molecule has 0 fully saturated rings. The second-order valence-electron chi connectivity index (χ2n) is 7.08. The zero-order valence-corrected chi connectivity index (χ0v) is 22.2. The van der Waals surface area contributed by atoms with E-state index >= 15 is 0 Å². The van der Waals surface area contributed by atoms with Crippen LogP contribution >= 0.6 is 40.2 Å². The molecule has 0 spiro atoms. The fourth-order valence-corrected chi connectivity index (χ4v) is 3.14. The topological polar surface area (TPSA) is 41.1 Å². The Morgan fingerprint density at radius 3 is 1.23 bits per heavy atom. The van der Waals surface area contributed by atoms with Crippen LogP contribution in [0.4, 0.5) is 11.4 Å². The Kier molecular flexibility index (Phi) is 10.3. The van der Waals surface area contributed by atoms with Crippen LogP contribution in [-0.4, -0.2) is 4.98 Å². The van der Waals surface area contributed by atoms with E-state index in [0.717, 1.165) is 22.8 Å². The van der Waals surface area contributed by atoms with E-state index in [1.54, 1.807) is 0 Å². The fourth-order valence-electron chi connectivity index (χ4n) is 3.14. The molecule has 3 rings (SSSR count). The van der Waals surface area contributed by atoms with Gasteiger partial charge in [0, 0.05) is 11.4 Å². The molecule has 3 aromatic rings. The van der Waals surface area contributed by atoms with Crippen LogP contribution in [0.25, 0.3) is 10.6 Å². The quantitative estimate of drug-likeness (QED) is 0.309. The van der Waals surface area contributed by atoms with Gasteiger partial charge in [-0.1, -0.05) is 77.8 Å². The third kappa shape index (κ3) is 9.50. The molecule has 0 aliphatic carbocycles. The Labute approximate surface area is 204 Å². The van der Waals surface area contributed by atoms with E-state index in [2.05, 4.69) is 64.1 Å². The molecule has 0 unspecified atom stereocenters. The van der Waals surface area contributed by atoms with Crippen molar-refractivity contribution in [3.63, 3.8) is 0 Å². The molecule has 31 heavy (non-hydrogen) atoms. The van der Waals surface area contributed by atoms with Gasteiger partial charge in [0.05, 0.1) is 0 Å². The summed E-state index contributed by atoms with van der Waals surface area (Å²) in [7, 11) is 17.1. The maximum absolute atomic E-state index is 4.98. The number of hydrogen-bond acceptors (Lipinski definition) is 1. The van der Waals surface area contributed by atoms with Crippen LogP contribution in [0.15, 0.2) is 54.6 Å². The molecule has 0 atom stereocenters. The van der Waals surface area contributed by atoms with Gasteiger partial charge in [0.15, 0.2) is 0 Å². The number of nitrogens with zero attached hydrogens (tertiary/aromatic N) is 3. The Morgan fingerprint density at radius 2 is 0.903 bits per heavy atom. The summed E-state index contributed by atoms with van der Waals surface area (Å²) in [6.45, 7) is 9.56. The van der Waals surface area contributed by atoms with E-state index in [1.807, 2.05) is 18.2 Å². The molecule has 0 aliphatic heterocycles. The van der Waals surface area contributed by atoms with Gasteiger partial charge in [-0.25, -0.2) is 0 Å². The van der Waals surface area contributed by atoms with Crippen molar-refractivity contribution >= 4 is 51.6 Å². The SMILES string of the molecule is Cc1cccc(C)c1[N-]Cc1cccc(C[N-]c2c(C)cccc2C)n1.[Cl][Cr]([Cl])([Cl])[Cl]. The second kappa shape index (κ2) is 12.2. The van der Waals surface area contributed by atoms with Crippen molar-refractivity contribution in [2.45, 2.75) is 40.8 Å². The van der Waals surface area contributed by atoms with Gasteiger partial charge >= 0.3 is 49.6 Å². The molecule has 168 valence electrons. The van der Waals surface area contributed by atoms with Gasteiger partial charge in [0.25, 0.3) is 0 Å². The number of aromatic nitrogens is 1. The van der Waals surface area contributed by atoms with Gasteiger partial charge in [0.1, 0.15) is 0 Å². The van der Waals surface area contributed by atoms with E-state index in [4.69, 9.17) is 55.8 Å². The molecule has 0 amide bonds. The van der Waals surface area contributed by atoms with Crippen LogP contribution in [-0.2, 0) is 22.5 Å². The fraction of sp³-hybridized carbons (Fsp3) is 0.261. The minimum absolute atomic E-state index is 0.586. The molecule has 0 saturated heterocycles. The van der Waals surface area contributed by atoms with Gasteiger partial charge in [-0.3, -0.25) is 4.98 Å². The molecule has 0 N–H and O–H groups in total. The molecule has 1 aromatic heterocycles. The second-order valence-corrected chi connectivity index (χ2v) is 19.7. The summed E-state index contributed by atoms with van der Waals surface area (Å²) in [6.07, 6.45) is 0. The Bertz CT molecular complexity index is 889. The van der Waals surface area contributed by atoms with Crippen molar-refractivity contribution in [3.8, 4) is 0 Å². The van der Waals surface area contributed by atoms with Gasteiger partial charge in [-0.05, 0) is 39.8 Å². The molecule has 0 bridgehead atoms. The van der Waals surface area contributed by atoms with E-state index in [0.29, 0.717) is 13.1 Å². The first-order valence-electron chi connectivity index (χ1n) is 9.58. The predicted molar refractivity (Wildman–Crippen MR) is 133 cm³/mol. The third-order valence-corrected chi connectivity index (χ3v) is 4.54. The Balaban J connectivity index is 0.000000614. The molecular weight excluding hydrogens is 512 g/mol. The van der Waals surface area contributed by atoms with Crippen molar-refractivity contribution in [2.75, 3.05) is 0 Å². The van der Waals surface area contributed by atoms with Crippen LogP contribution in [0.5, 0.6) is 0 Å². The first kappa shape index (κ1) is 26.1.